The van der Waals surface area contributed by atoms with Crippen LogP contribution in [0.25, 0.3) is 0 Å². The van der Waals surface area contributed by atoms with E-state index in [0.29, 0.717) is 0 Å². The molecule has 1 aromatic heterocycles. The number of rotatable bonds is 2. The molecule has 1 aromatic carbocycles. The van der Waals surface area contributed by atoms with Gasteiger partial charge in [0.2, 0.25) is 5.88 Å². The Morgan fingerprint density at radius 1 is 1.25 bits per heavy atom. The van der Waals surface area contributed by atoms with Crippen molar-refractivity contribution in [2.45, 2.75) is 6.18 Å². The van der Waals surface area contributed by atoms with Crippen LogP contribution in [0.3, 0.4) is 0 Å². The lowest BCUT2D eigenvalue weighted by Crippen LogP contribution is -2.08. The first-order valence-corrected chi connectivity index (χ1v) is 5.61. The summed E-state index contributed by atoms with van der Waals surface area (Å²) < 4.78 is 56.4. The minimum atomic E-state index is -4.64. The predicted octanol–water partition coefficient (Wildman–Crippen LogP) is 4.27. The third-order valence-electron chi connectivity index (χ3n) is 2.33. The van der Waals surface area contributed by atoms with E-state index in [1.54, 1.807) is 0 Å². The number of anilines is 1. The highest BCUT2D eigenvalue weighted by atomic mass is 35.5. The van der Waals surface area contributed by atoms with Gasteiger partial charge in [-0.2, -0.15) is 13.2 Å². The van der Waals surface area contributed by atoms with Gasteiger partial charge in [-0.15, -0.1) is 0 Å². The van der Waals surface area contributed by atoms with Crippen molar-refractivity contribution >= 4 is 17.3 Å². The number of hydrogen-bond donors (Lipinski definition) is 1. The van der Waals surface area contributed by atoms with Crippen molar-refractivity contribution in [2.24, 2.45) is 0 Å². The molecular formula is C12H7ClF4N2O. The van der Waals surface area contributed by atoms with Crippen molar-refractivity contribution in [1.82, 2.24) is 4.98 Å². The van der Waals surface area contributed by atoms with E-state index in [1.165, 1.54) is 0 Å². The molecule has 0 unspecified atom stereocenters. The van der Waals surface area contributed by atoms with Crippen LogP contribution in [-0.2, 0) is 6.18 Å². The minimum absolute atomic E-state index is 0.213. The Hall–Kier alpha value is -2.02. The van der Waals surface area contributed by atoms with Gasteiger partial charge in [-0.3, -0.25) is 0 Å². The second-order valence-electron chi connectivity index (χ2n) is 3.76. The Bertz CT molecular complexity index is 646. The van der Waals surface area contributed by atoms with Gasteiger partial charge in [-0.1, -0.05) is 11.6 Å². The number of pyridine rings is 1. The van der Waals surface area contributed by atoms with Crippen LogP contribution in [0.15, 0.2) is 30.5 Å². The summed E-state index contributed by atoms with van der Waals surface area (Å²) in [6, 6.07) is 3.77. The maximum atomic E-state index is 13.1. The molecule has 0 saturated carbocycles. The summed E-state index contributed by atoms with van der Waals surface area (Å²) in [6.07, 6.45) is -3.51. The molecule has 1 heterocycles. The van der Waals surface area contributed by atoms with Crippen molar-refractivity contribution in [2.75, 3.05) is 5.73 Å². The Balaban J connectivity index is 2.43. The molecule has 20 heavy (non-hydrogen) atoms. The second-order valence-corrected chi connectivity index (χ2v) is 4.17. The number of ether oxygens (including phenoxy) is 1. The maximum absolute atomic E-state index is 13.1. The van der Waals surface area contributed by atoms with Gasteiger partial charge in [0.1, 0.15) is 17.1 Å². The first-order chi connectivity index (χ1) is 9.29. The highest BCUT2D eigenvalue weighted by Crippen LogP contribution is 2.38. The molecule has 0 spiro atoms. The molecule has 2 N–H and O–H groups in total. The third kappa shape index (κ3) is 2.93. The van der Waals surface area contributed by atoms with Gasteiger partial charge in [-0.05, 0) is 18.2 Å². The summed E-state index contributed by atoms with van der Waals surface area (Å²) in [6.45, 7) is 0. The monoisotopic (exact) mass is 306 g/mol. The van der Waals surface area contributed by atoms with E-state index in [2.05, 4.69) is 4.98 Å². The van der Waals surface area contributed by atoms with Crippen molar-refractivity contribution in [3.8, 4) is 11.6 Å². The minimum Gasteiger partial charge on any atom is -0.437 e. The summed E-state index contributed by atoms with van der Waals surface area (Å²) in [5, 5.41) is -0.213. The number of hydrogen-bond acceptors (Lipinski definition) is 3. The van der Waals surface area contributed by atoms with E-state index in [9.17, 15) is 17.6 Å². The number of nitrogen functional groups attached to an aromatic ring is 1. The first-order valence-electron chi connectivity index (χ1n) is 5.23. The lowest BCUT2D eigenvalue weighted by atomic mass is 10.2. The summed E-state index contributed by atoms with van der Waals surface area (Å²) in [5.41, 5.74) is 3.94. The fourth-order valence-electron chi connectivity index (χ4n) is 1.42. The summed E-state index contributed by atoms with van der Waals surface area (Å²) in [5.74, 6) is -1.69. The lowest BCUT2D eigenvalue weighted by Gasteiger charge is -2.13. The van der Waals surface area contributed by atoms with Crippen molar-refractivity contribution in [3.63, 3.8) is 0 Å². The summed E-state index contributed by atoms with van der Waals surface area (Å²) >= 11 is 5.69. The zero-order valence-corrected chi connectivity index (χ0v) is 10.5. The summed E-state index contributed by atoms with van der Waals surface area (Å²) in [4.78, 5) is 3.50. The normalized spacial score (nSPS) is 11.4. The van der Waals surface area contributed by atoms with E-state index >= 15 is 0 Å². The number of halogens is 5. The van der Waals surface area contributed by atoms with Crippen LogP contribution in [0.1, 0.15) is 5.56 Å². The molecule has 0 atom stereocenters. The molecule has 0 aliphatic rings. The van der Waals surface area contributed by atoms with Crippen LogP contribution < -0.4 is 10.5 Å². The van der Waals surface area contributed by atoms with Crippen LogP contribution >= 0.6 is 11.6 Å². The Morgan fingerprint density at radius 3 is 2.60 bits per heavy atom. The zero-order chi connectivity index (χ0) is 14.9. The highest BCUT2D eigenvalue weighted by molar-refractivity contribution is 6.32. The van der Waals surface area contributed by atoms with E-state index in [4.69, 9.17) is 22.1 Å². The largest absolute Gasteiger partial charge is 0.437 e. The molecule has 0 aliphatic carbocycles. The molecule has 0 bridgehead atoms. The van der Waals surface area contributed by atoms with Gasteiger partial charge >= 0.3 is 6.18 Å². The molecule has 2 aromatic rings. The Morgan fingerprint density at radius 2 is 1.95 bits per heavy atom. The van der Waals surface area contributed by atoms with Gasteiger partial charge in [-0.25, -0.2) is 9.37 Å². The number of nitrogens with two attached hydrogens (primary N) is 1. The first kappa shape index (κ1) is 14.4. The van der Waals surface area contributed by atoms with Crippen LogP contribution in [0.5, 0.6) is 11.6 Å². The topological polar surface area (TPSA) is 48.1 Å². The van der Waals surface area contributed by atoms with Crippen molar-refractivity contribution < 1.29 is 22.3 Å². The van der Waals surface area contributed by atoms with Crippen LogP contribution in [-0.4, -0.2) is 4.98 Å². The standard InChI is InChI=1S/C12H7ClF4N2O/c13-7-4-8(14)9(18)5-10(7)20-11-6(12(15,16)17)2-1-3-19-11/h1-5H,18H2. The van der Waals surface area contributed by atoms with Gasteiger partial charge < -0.3 is 10.5 Å². The Kier molecular flexibility index (Phi) is 3.71. The number of benzene rings is 1. The van der Waals surface area contributed by atoms with Crippen molar-refractivity contribution in [3.05, 3.63) is 46.9 Å². The SMILES string of the molecule is Nc1cc(Oc2ncccc2C(F)(F)F)c(Cl)cc1F. The number of aromatic nitrogens is 1. The fraction of sp³-hybridized carbons (Fsp3) is 0.0833. The van der Waals surface area contributed by atoms with E-state index in [1.807, 2.05) is 0 Å². The number of nitrogens with zero attached hydrogens (tertiary/aromatic N) is 1. The van der Waals surface area contributed by atoms with Gasteiger partial charge in [0.15, 0.2) is 0 Å². The van der Waals surface area contributed by atoms with E-state index < -0.39 is 23.4 Å². The van der Waals surface area contributed by atoms with Gasteiger partial charge in [0.05, 0.1) is 10.7 Å². The smallest absolute Gasteiger partial charge is 0.421 e. The summed E-state index contributed by atoms with van der Waals surface area (Å²) in [7, 11) is 0. The van der Waals surface area contributed by atoms with E-state index in [-0.39, 0.29) is 16.5 Å². The maximum Gasteiger partial charge on any atom is 0.421 e. The van der Waals surface area contributed by atoms with Crippen LogP contribution in [0, 0.1) is 5.82 Å². The molecule has 3 nitrogen and oxygen atoms in total. The molecule has 0 amide bonds. The number of alkyl halides is 3. The molecule has 0 aliphatic heterocycles. The van der Waals surface area contributed by atoms with Crippen LogP contribution in [0.4, 0.5) is 23.2 Å². The van der Waals surface area contributed by atoms with Crippen LogP contribution in [0.2, 0.25) is 5.02 Å². The average molecular weight is 307 g/mol. The quantitative estimate of drug-likeness (QED) is 0.666. The second kappa shape index (κ2) is 5.16. The average Bonchev–Trinajstić information content (AvgIpc) is 2.35. The molecule has 0 fully saturated rings. The van der Waals surface area contributed by atoms with E-state index in [0.717, 1.165) is 30.5 Å². The molecular weight excluding hydrogens is 300 g/mol. The van der Waals surface area contributed by atoms with Crippen molar-refractivity contribution in [1.29, 1.82) is 0 Å². The molecule has 0 radical (unpaired) electrons. The molecule has 8 heteroatoms. The zero-order valence-electron chi connectivity index (χ0n) is 9.71. The Labute approximate surface area is 115 Å². The van der Waals surface area contributed by atoms with Gasteiger partial charge in [0, 0.05) is 12.3 Å². The highest BCUT2D eigenvalue weighted by Gasteiger charge is 2.35. The predicted molar refractivity (Wildman–Crippen MR) is 65.1 cm³/mol. The molecule has 2 rings (SSSR count). The lowest BCUT2D eigenvalue weighted by molar-refractivity contribution is -0.138. The fourth-order valence-corrected chi connectivity index (χ4v) is 1.60. The molecule has 0 saturated heterocycles. The van der Waals surface area contributed by atoms with Gasteiger partial charge in [0.25, 0.3) is 0 Å². The molecule has 106 valence electrons. The third-order valence-corrected chi connectivity index (χ3v) is 2.63.